The molecule has 1 atom stereocenters. The summed E-state index contributed by atoms with van der Waals surface area (Å²) < 4.78 is 18.9. The Morgan fingerprint density at radius 2 is 1.64 bits per heavy atom. The second-order valence-corrected chi connectivity index (χ2v) is 6.94. The van der Waals surface area contributed by atoms with Crippen LogP contribution in [0.2, 0.25) is 0 Å². The topological polar surface area (TPSA) is 37.4 Å². The first-order valence-corrected chi connectivity index (χ1v) is 9.55. The molecule has 4 nitrogen and oxygen atoms in total. The predicted molar refractivity (Wildman–Crippen MR) is 109 cm³/mol. The number of piperazine rings is 1. The van der Waals surface area contributed by atoms with Crippen molar-refractivity contribution in [2.75, 3.05) is 33.3 Å². The number of methoxy groups -OCH3 is 1. The maximum absolute atomic E-state index is 13.5. The monoisotopic (exact) mass is 377 g/mol. The first kappa shape index (κ1) is 18.6. The number of benzene rings is 2. The Labute approximate surface area is 165 Å². The van der Waals surface area contributed by atoms with Crippen molar-refractivity contribution in [1.82, 2.24) is 15.2 Å². The van der Waals surface area contributed by atoms with Gasteiger partial charge in [0, 0.05) is 50.2 Å². The van der Waals surface area contributed by atoms with Gasteiger partial charge in [0.05, 0.1) is 13.2 Å². The molecule has 1 aliphatic rings. The van der Waals surface area contributed by atoms with Crippen LogP contribution in [0, 0.1) is 5.82 Å². The highest BCUT2D eigenvalue weighted by Gasteiger charge is 2.24. The van der Waals surface area contributed by atoms with Gasteiger partial charge in [-0.3, -0.25) is 9.88 Å². The molecule has 1 saturated heterocycles. The Hall–Kier alpha value is -2.76. The molecule has 5 heteroatoms. The third-order valence-corrected chi connectivity index (χ3v) is 5.24. The van der Waals surface area contributed by atoms with Crippen molar-refractivity contribution in [2.24, 2.45) is 0 Å². The summed E-state index contributed by atoms with van der Waals surface area (Å²) in [5.41, 5.74) is 4.37. The third kappa shape index (κ3) is 3.91. The molecule has 1 N–H and O–H groups in total. The molecule has 0 radical (unpaired) electrons. The van der Waals surface area contributed by atoms with E-state index in [4.69, 9.17) is 4.74 Å². The van der Waals surface area contributed by atoms with Crippen LogP contribution in [0.1, 0.15) is 17.2 Å². The molecule has 0 spiro atoms. The smallest absolute Gasteiger partial charge is 0.129 e. The average Bonchev–Trinajstić information content (AvgIpc) is 2.76. The number of nitrogens with zero attached hydrogens (tertiary/aromatic N) is 2. The lowest BCUT2D eigenvalue weighted by Gasteiger charge is -2.35. The van der Waals surface area contributed by atoms with Crippen LogP contribution >= 0.6 is 0 Å². The van der Waals surface area contributed by atoms with E-state index in [2.05, 4.69) is 51.6 Å². The van der Waals surface area contributed by atoms with Gasteiger partial charge in [-0.1, -0.05) is 24.3 Å². The average molecular weight is 377 g/mol. The van der Waals surface area contributed by atoms with Crippen LogP contribution in [0.5, 0.6) is 5.75 Å². The molecule has 0 aliphatic carbocycles. The second kappa shape index (κ2) is 8.50. The summed E-state index contributed by atoms with van der Waals surface area (Å²) in [6.07, 6.45) is 3.70. The zero-order chi connectivity index (χ0) is 19.3. The minimum atomic E-state index is -0.298. The van der Waals surface area contributed by atoms with E-state index >= 15 is 0 Å². The first-order chi connectivity index (χ1) is 13.8. The lowest BCUT2D eigenvalue weighted by molar-refractivity contribution is 0.198. The summed E-state index contributed by atoms with van der Waals surface area (Å²) in [5.74, 6) is 0.245. The predicted octanol–water partition coefficient (Wildman–Crippen LogP) is 3.89. The standard InChI is InChI=1S/C23H24FN3O/c1-28-22-16-20(24)6-7-21(22)17-2-4-18(5-3-17)23(19-8-10-25-11-9-19)27-14-12-26-13-15-27/h2-11,16,23,26H,12-15H2,1H3/t23-/m1/s1. The summed E-state index contributed by atoms with van der Waals surface area (Å²) >= 11 is 0. The van der Waals surface area contributed by atoms with E-state index in [0.29, 0.717) is 5.75 Å². The van der Waals surface area contributed by atoms with E-state index in [-0.39, 0.29) is 11.9 Å². The number of hydrogen-bond acceptors (Lipinski definition) is 4. The van der Waals surface area contributed by atoms with Crippen LogP contribution < -0.4 is 10.1 Å². The number of rotatable bonds is 5. The molecule has 1 aliphatic heterocycles. The van der Waals surface area contributed by atoms with Crippen LogP contribution in [0.25, 0.3) is 11.1 Å². The maximum Gasteiger partial charge on any atom is 0.129 e. The van der Waals surface area contributed by atoms with Gasteiger partial charge in [-0.2, -0.15) is 0 Å². The largest absolute Gasteiger partial charge is 0.496 e. The molecule has 1 aromatic heterocycles. The second-order valence-electron chi connectivity index (χ2n) is 6.94. The normalized spacial score (nSPS) is 15.9. The minimum absolute atomic E-state index is 0.189. The Balaban J connectivity index is 1.68. The van der Waals surface area contributed by atoms with E-state index in [1.165, 1.54) is 23.3 Å². The number of hydrogen-bond donors (Lipinski definition) is 1. The molecule has 28 heavy (non-hydrogen) atoms. The van der Waals surface area contributed by atoms with Crippen molar-refractivity contribution in [3.05, 3.63) is 83.9 Å². The number of ether oxygens (including phenoxy) is 1. The van der Waals surface area contributed by atoms with E-state index in [1.807, 2.05) is 12.4 Å². The fraction of sp³-hybridized carbons (Fsp3) is 0.261. The lowest BCUT2D eigenvalue weighted by atomic mass is 9.95. The van der Waals surface area contributed by atoms with E-state index in [0.717, 1.165) is 37.3 Å². The van der Waals surface area contributed by atoms with Gasteiger partial charge in [0.2, 0.25) is 0 Å². The van der Waals surface area contributed by atoms with Crippen molar-refractivity contribution >= 4 is 0 Å². The highest BCUT2D eigenvalue weighted by Crippen LogP contribution is 2.34. The van der Waals surface area contributed by atoms with Crippen LogP contribution in [-0.4, -0.2) is 43.2 Å². The maximum atomic E-state index is 13.5. The van der Waals surface area contributed by atoms with Crippen molar-refractivity contribution < 1.29 is 9.13 Å². The van der Waals surface area contributed by atoms with E-state index in [9.17, 15) is 4.39 Å². The molecular formula is C23H24FN3O. The SMILES string of the molecule is COc1cc(F)ccc1-c1ccc([C@H](c2ccncc2)N2CCNCC2)cc1. The van der Waals surface area contributed by atoms with Crippen molar-refractivity contribution in [2.45, 2.75) is 6.04 Å². The summed E-state index contributed by atoms with van der Waals surface area (Å²) in [6, 6.07) is 17.5. The first-order valence-electron chi connectivity index (χ1n) is 9.55. The fourth-order valence-corrected chi connectivity index (χ4v) is 3.85. The van der Waals surface area contributed by atoms with Gasteiger partial charge >= 0.3 is 0 Å². The summed E-state index contributed by atoms with van der Waals surface area (Å²) in [6.45, 7) is 3.99. The van der Waals surface area contributed by atoms with Crippen LogP contribution in [0.3, 0.4) is 0 Å². The van der Waals surface area contributed by atoms with Gasteiger partial charge in [0.25, 0.3) is 0 Å². The third-order valence-electron chi connectivity index (χ3n) is 5.24. The minimum Gasteiger partial charge on any atom is -0.496 e. The molecule has 3 aromatic rings. The molecule has 1 fully saturated rings. The van der Waals surface area contributed by atoms with Gasteiger partial charge in [-0.05, 0) is 41.0 Å². The molecule has 2 heterocycles. The lowest BCUT2D eigenvalue weighted by Crippen LogP contribution is -2.45. The van der Waals surface area contributed by atoms with Crippen LogP contribution in [-0.2, 0) is 0 Å². The van der Waals surface area contributed by atoms with Crippen LogP contribution in [0.4, 0.5) is 4.39 Å². The molecule has 0 amide bonds. The Morgan fingerprint density at radius 3 is 2.32 bits per heavy atom. The number of nitrogens with one attached hydrogen (secondary N) is 1. The Bertz CT molecular complexity index is 909. The summed E-state index contributed by atoms with van der Waals surface area (Å²) in [7, 11) is 1.57. The van der Waals surface area contributed by atoms with Gasteiger partial charge in [-0.15, -0.1) is 0 Å². The molecule has 2 aromatic carbocycles. The zero-order valence-electron chi connectivity index (χ0n) is 15.9. The van der Waals surface area contributed by atoms with Gasteiger partial charge in [0.15, 0.2) is 0 Å². The van der Waals surface area contributed by atoms with Crippen LogP contribution in [0.15, 0.2) is 67.0 Å². The van der Waals surface area contributed by atoms with Gasteiger partial charge in [0.1, 0.15) is 11.6 Å². The van der Waals surface area contributed by atoms with Gasteiger partial charge in [-0.25, -0.2) is 4.39 Å². The van der Waals surface area contributed by atoms with Crippen molar-refractivity contribution in [3.8, 4) is 16.9 Å². The van der Waals surface area contributed by atoms with E-state index in [1.54, 1.807) is 13.2 Å². The quantitative estimate of drug-likeness (QED) is 0.732. The molecule has 144 valence electrons. The van der Waals surface area contributed by atoms with Gasteiger partial charge < -0.3 is 10.1 Å². The molecule has 4 rings (SSSR count). The molecule has 0 saturated carbocycles. The molecular weight excluding hydrogens is 353 g/mol. The zero-order valence-corrected chi connectivity index (χ0v) is 15.9. The van der Waals surface area contributed by atoms with Crippen molar-refractivity contribution in [3.63, 3.8) is 0 Å². The molecule has 0 unspecified atom stereocenters. The molecule has 0 bridgehead atoms. The Morgan fingerprint density at radius 1 is 0.964 bits per heavy atom. The van der Waals surface area contributed by atoms with Crippen molar-refractivity contribution in [1.29, 1.82) is 0 Å². The summed E-state index contributed by atoms with van der Waals surface area (Å²) in [5, 5.41) is 3.42. The van der Waals surface area contributed by atoms with E-state index < -0.39 is 0 Å². The summed E-state index contributed by atoms with van der Waals surface area (Å²) in [4.78, 5) is 6.67. The number of aromatic nitrogens is 1. The number of pyridine rings is 1. The number of halogens is 1. The fourth-order valence-electron chi connectivity index (χ4n) is 3.85. The highest BCUT2D eigenvalue weighted by molar-refractivity contribution is 5.70. The Kier molecular flexibility index (Phi) is 5.65. The highest BCUT2D eigenvalue weighted by atomic mass is 19.1.